The molecule has 14 heavy (non-hydrogen) atoms. The Hall–Kier alpha value is -1.29. The zero-order valence-electron chi connectivity index (χ0n) is 8.62. The average molecular weight is 196 g/mol. The summed E-state index contributed by atoms with van der Waals surface area (Å²) in [6, 6.07) is 4.04. The monoisotopic (exact) mass is 196 g/mol. The minimum Gasteiger partial charge on any atom is -0.469 e. The highest BCUT2D eigenvalue weighted by Crippen LogP contribution is 1.98. The molecule has 0 aromatic carbocycles. The molecule has 0 fully saturated rings. The molecular formula is C10H16N2O2. The second-order valence-electron chi connectivity index (χ2n) is 3.11. The van der Waals surface area contributed by atoms with Gasteiger partial charge in [0.15, 0.2) is 0 Å². The van der Waals surface area contributed by atoms with E-state index in [1.165, 1.54) is 12.8 Å². The first kappa shape index (κ1) is 10.8. The van der Waals surface area contributed by atoms with Crippen LogP contribution in [0.1, 0.15) is 12.1 Å². The van der Waals surface area contributed by atoms with E-state index in [4.69, 9.17) is 0 Å². The Bertz CT molecular complexity index is 294. The predicted molar refractivity (Wildman–Crippen MR) is 53.8 cm³/mol. The molecule has 1 N–H and O–H groups in total. The largest absolute Gasteiger partial charge is 0.469 e. The van der Waals surface area contributed by atoms with Crippen LogP contribution in [-0.2, 0) is 23.1 Å². The van der Waals surface area contributed by atoms with Crippen molar-refractivity contribution in [2.24, 2.45) is 7.05 Å². The zero-order valence-corrected chi connectivity index (χ0v) is 8.62. The number of esters is 1. The number of carbonyl (C=O) groups excluding carboxylic acids is 1. The van der Waals surface area contributed by atoms with E-state index in [1.807, 2.05) is 29.9 Å². The molecule has 4 nitrogen and oxygen atoms in total. The van der Waals surface area contributed by atoms with Crippen LogP contribution in [0.25, 0.3) is 0 Å². The van der Waals surface area contributed by atoms with Gasteiger partial charge in [-0.1, -0.05) is 0 Å². The third-order valence-corrected chi connectivity index (χ3v) is 2.09. The SMILES string of the molecule is COC(=O)CCNCc1cccn1C. The molecule has 1 rings (SSSR count). The van der Waals surface area contributed by atoms with Gasteiger partial charge in [0, 0.05) is 32.0 Å². The molecule has 1 heterocycles. The predicted octanol–water partition coefficient (Wildman–Crippen LogP) is 0.678. The second-order valence-corrected chi connectivity index (χ2v) is 3.11. The third kappa shape index (κ3) is 3.22. The van der Waals surface area contributed by atoms with Crippen molar-refractivity contribution < 1.29 is 9.53 Å². The molecule has 0 saturated heterocycles. The standard InChI is InChI=1S/C10H16N2O2/c1-12-7-3-4-9(12)8-11-6-5-10(13)14-2/h3-4,7,11H,5-6,8H2,1-2H3. The van der Waals surface area contributed by atoms with Gasteiger partial charge in [-0.3, -0.25) is 4.79 Å². The van der Waals surface area contributed by atoms with Crippen molar-refractivity contribution in [3.63, 3.8) is 0 Å². The lowest BCUT2D eigenvalue weighted by Crippen LogP contribution is -2.19. The molecule has 4 heteroatoms. The number of ether oxygens (including phenoxy) is 1. The molecule has 0 spiro atoms. The topological polar surface area (TPSA) is 43.3 Å². The number of aromatic nitrogens is 1. The van der Waals surface area contributed by atoms with E-state index in [9.17, 15) is 4.79 Å². The molecule has 0 amide bonds. The Labute approximate surface area is 83.9 Å². The smallest absolute Gasteiger partial charge is 0.306 e. The number of hydrogen-bond donors (Lipinski definition) is 1. The highest BCUT2D eigenvalue weighted by atomic mass is 16.5. The maximum absolute atomic E-state index is 10.8. The molecule has 1 aromatic rings. The Morgan fingerprint density at radius 1 is 1.64 bits per heavy atom. The first-order valence-corrected chi connectivity index (χ1v) is 4.62. The normalized spacial score (nSPS) is 10.1. The van der Waals surface area contributed by atoms with Crippen molar-refractivity contribution >= 4 is 5.97 Å². The summed E-state index contributed by atoms with van der Waals surface area (Å²) in [6.45, 7) is 1.43. The fourth-order valence-corrected chi connectivity index (χ4v) is 1.19. The number of nitrogens with zero attached hydrogens (tertiary/aromatic N) is 1. The maximum atomic E-state index is 10.8. The average Bonchev–Trinajstić information content (AvgIpc) is 2.58. The van der Waals surface area contributed by atoms with E-state index < -0.39 is 0 Å². The van der Waals surface area contributed by atoms with Crippen molar-refractivity contribution in [3.05, 3.63) is 24.0 Å². The Morgan fingerprint density at radius 3 is 3.00 bits per heavy atom. The van der Waals surface area contributed by atoms with E-state index in [2.05, 4.69) is 10.1 Å². The van der Waals surface area contributed by atoms with E-state index in [-0.39, 0.29) is 5.97 Å². The summed E-state index contributed by atoms with van der Waals surface area (Å²) in [6.07, 6.45) is 2.41. The summed E-state index contributed by atoms with van der Waals surface area (Å²) >= 11 is 0. The Balaban J connectivity index is 2.16. The molecule has 0 bridgehead atoms. The molecule has 1 aromatic heterocycles. The van der Waals surface area contributed by atoms with Crippen LogP contribution in [0.5, 0.6) is 0 Å². The van der Waals surface area contributed by atoms with Gasteiger partial charge in [0.05, 0.1) is 13.5 Å². The fraction of sp³-hybridized carbons (Fsp3) is 0.500. The van der Waals surface area contributed by atoms with Crippen molar-refractivity contribution in [1.82, 2.24) is 9.88 Å². The highest BCUT2D eigenvalue weighted by Gasteiger charge is 1.99. The molecule has 0 aliphatic heterocycles. The first-order valence-electron chi connectivity index (χ1n) is 4.62. The van der Waals surface area contributed by atoms with Gasteiger partial charge < -0.3 is 14.6 Å². The Kier molecular flexibility index (Phi) is 4.19. The molecular weight excluding hydrogens is 180 g/mol. The summed E-state index contributed by atoms with van der Waals surface area (Å²) in [5.74, 6) is -0.176. The van der Waals surface area contributed by atoms with Crippen molar-refractivity contribution in [3.8, 4) is 0 Å². The van der Waals surface area contributed by atoms with E-state index in [0.717, 1.165) is 6.54 Å². The first-order chi connectivity index (χ1) is 6.74. The summed E-state index contributed by atoms with van der Waals surface area (Å²) in [5, 5.41) is 3.17. The van der Waals surface area contributed by atoms with Gasteiger partial charge in [-0.05, 0) is 12.1 Å². The fourth-order valence-electron chi connectivity index (χ4n) is 1.19. The lowest BCUT2D eigenvalue weighted by atomic mass is 10.4. The Morgan fingerprint density at radius 2 is 2.43 bits per heavy atom. The van der Waals surface area contributed by atoms with Crippen LogP contribution < -0.4 is 5.32 Å². The number of carbonyl (C=O) groups is 1. The minimum atomic E-state index is -0.176. The van der Waals surface area contributed by atoms with Gasteiger partial charge in [-0.2, -0.15) is 0 Å². The molecule has 0 aliphatic rings. The van der Waals surface area contributed by atoms with Crippen LogP contribution >= 0.6 is 0 Å². The molecule has 0 atom stereocenters. The van der Waals surface area contributed by atoms with Gasteiger partial charge in [0.2, 0.25) is 0 Å². The molecule has 0 radical (unpaired) electrons. The number of hydrogen-bond acceptors (Lipinski definition) is 3. The quantitative estimate of drug-likeness (QED) is 0.556. The summed E-state index contributed by atoms with van der Waals surface area (Å²) < 4.78 is 6.57. The minimum absolute atomic E-state index is 0.176. The van der Waals surface area contributed by atoms with Gasteiger partial charge in [-0.15, -0.1) is 0 Å². The summed E-state index contributed by atoms with van der Waals surface area (Å²) in [4.78, 5) is 10.8. The third-order valence-electron chi connectivity index (χ3n) is 2.09. The maximum Gasteiger partial charge on any atom is 0.306 e. The van der Waals surface area contributed by atoms with Crippen LogP contribution in [0.2, 0.25) is 0 Å². The molecule has 78 valence electrons. The van der Waals surface area contributed by atoms with Crippen molar-refractivity contribution in [1.29, 1.82) is 0 Å². The second kappa shape index (κ2) is 5.44. The number of rotatable bonds is 5. The van der Waals surface area contributed by atoms with Gasteiger partial charge >= 0.3 is 5.97 Å². The van der Waals surface area contributed by atoms with Crippen LogP contribution in [0, 0.1) is 0 Å². The molecule has 0 saturated carbocycles. The lowest BCUT2D eigenvalue weighted by Gasteiger charge is -2.04. The van der Waals surface area contributed by atoms with Gasteiger partial charge in [0.25, 0.3) is 0 Å². The van der Waals surface area contributed by atoms with Crippen molar-refractivity contribution in [2.45, 2.75) is 13.0 Å². The van der Waals surface area contributed by atoms with E-state index in [1.54, 1.807) is 0 Å². The summed E-state index contributed by atoms with van der Waals surface area (Å²) in [7, 11) is 3.40. The number of methoxy groups -OCH3 is 1. The zero-order chi connectivity index (χ0) is 10.4. The highest BCUT2D eigenvalue weighted by molar-refractivity contribution is 5.69. The van der Waals surface area contributed by atoms with E-state index in [0.29, 0.717) is 13.0 Å². The van der Waals surface area contributed by atoms with Crippen LogP contribution in [-0.4, -0.2) is 24.2 Å². The van der Waals surface area contributed by atoms with Crippen LogP contribution in [0.3, 0.4) is 0 Å². The molecule has 0 aliphatic carbocycles. The summed E-state index contributed by atoms with van der Waals surface area (Å²) in [5.41, 5.74) is 1.20. The van der Waals surface area contributed by atoms with Crippen LogP contribution in [0.15, 0.2) is 18.3 Å². The van der Waals surface area contributed by atoms with E-state index >= 15 is 0 Å². The molecule has 0 unspecified atom stereocenters. The van der Waals surface area contributed by atoms with Gasteiger partial charge in [0.1, 0.15) is 0 Å². The van der Waals surface area contributed by atoms with Crippen molar-refractivity contribution in [2.75, 3.05) is 13.7 Å². The van der Waals surface area contributed by atoms with Crippen LogP contribution in [0.4, 0.5) is 0 Å². The lowest BCUT2D eigenvalue weighted by molar-refractivity contribution is -0.140. The number of nitrogens with one attached hydrogen (secondary N) is 1. The van der Waals surface area contributed by atoms with Gasteiger partial charge in [-0.25, -0.2) is 0 Å². The number of aryl methyl sites for hydroxylation is 1.